The van der Waals surface area contributed by atoms with Crippen molar-refractivity contribution in [1.82, 2.24) is 29.9 Å². The zero-order valence-electron chi connectivity index (χ0n) is 14.0. The lowest BCUT2D eigenvalue weighted by molar-refractivity contribution is 0.0736. The number of aromatic amines is 1. The number of aryl methyl sites for hydroxylation is 1. The van der Waals surface area contributed by atoms with Crippen LogP contribution in [0.2, 0.25) is 0 Å². The molecule has 1 fully saturated rings. The lowest BCUT2D eigenvalue weighted by atomic mass is 10.1. The molecule has 4 rings (SSSR count). The van der Waals surface area contributed by atoms with Crippen molar-refractivity contribution in [2.75, 3.05) is 31.1 Å². The Balaban J connectivity index is 1.54. The van der Waals surface area contributed by atoms with Crippen LogP contribution < -0.4 is 4.90 Å². The van der Waals surface area contributed by atoms with Crippen LogP contribution in [0.15, 0.2) is 42.7 Å². The molecule has 0 aliphatic carbocycles. The molecule has 8 nitrogen and oxygen atoms in total. The molecule has 0 radical (unpaired) electrons. The molecule has 1 N–H and O–H groups in total. The standard InChI is InChI=1S/C17H19N7O/c1-22-15(14(20-21-22)13-5-3-2-4-6-13)16(25)23-9-11-24(12-10-23)17-18-7-8-19-17/h2-8H,9-12H2,1H3,(H,18,19). The van der Waals surface area contributed by atoms with Gasteiger partial charge >= 0.3 is 0 Å². The fraction of sp³-hybridized carbons (Fsp3) is 0.294. The third-order valence-corrected chi connectivity index (χ3v) is 4.43. The summed E-state index contributed by atoms with van der Waals surface area (Å²) >= 11 is 0. The van der Waals surface area contributed by atoms with Gasteiger partial charge in [0.1, 0.15) is 5.69 Å². The zero-order valence-corrected chi connectivity index (χ0v) is 14.0. The van der Waals surface area contributed by atoms with Gasteiger partial charge < -0.3 is 14.8 Å². The zero-order chi connectivity index (χ0) is 17.2. The smallest absolute Gasteiger partial charge is 0.274 e. The number of imidazole rings is 1. The van der Waals surface area contributed by atoms with Crippen LogP contribution in [0, 0.1) is 0 Å². The molecule has 1 aliphatic heterocycles. The third kappa shape index (κ3) is 2.86. The van der Waals surface area contributed by atoms with Gasteiger partial charge in [-0.3, -0.25) is 4.79 Å². The van der Waals surface area contributed by atoms with E-state index in [4.69, 9.17) is 0 Å². The van der Waals surface area contributed by atoms with Gasteiger partial charge in [0.25, 0.3) is 5.91 Å². The highest BCUT2D eigenvalue weighted by Crippen LogP contribution is 2.22. The summed E-state index contributed by atoms with van der Waals surface area (Å²) in [5.41, 5.74) is 2.05. The number of hydrogen-bond donors (Lipinski definition) is 1. The Bertz CT molecular complexity index is 849. The number of nitrogens with zero attached hydrogens (tertiary/aromatic N) is 6. The largest absolute Gasteiger partial charge is 0.339 e. The molecule has 0 atom stereocenters. The number of rotatable bonds is 3. The lowest BCUT2D eigenvalue weighted by Gasteiger charge is -2.34. The van der Waals surface area contributed by atoms with E-state index in [1.165, 1.54) is 0 Å². The molecule has 1 aromatic carbocycles. The Kier molecular flexibility index (Phi) is 3.93. The Hall–Kier alpha value is -3.16. The van der Waals surface area contributed by atoms with Crippen molar-refractivity contribution in [1.29, 1.82) is 0 Å². The van der Waals surface area contributed by atoms with Gasteiger partial charge in [0.05, 0.1) is 0 Å². The summed E-state index contributed by atoms with van der Waals surface area (Å²) in [6.45, 7) is 2.76. The Labute approximate surface area is 145 Å². The van der Waals surface area contributed by atoms with Gasteiger partial charge in [-0.15, -0.1) is 5.10 Å². The number of anilines is 1. The van der Waals surface area contributed by atoms with Crippen LogP contribution in [-0.2, 0) is 7.05 Å². The summed E-state index contributed by atoms with van der Waals surface area (Å²) in [5, 5.41) is 8.26. The molecule has 1 amide bonds. The molecular weight excluding hydrogens is 318 g/mol. The van der Waals surface area contributed by atoms with E-state index in [2.05, 4.69) is 25.2 Å². The normalized spacial score (nSPS) is 14.8. The second kappa shape index (κ2) is 6.39. The van der Waals surface area contributed by atoms with E-state index in [1.807, 2.05) is 35.2 Å². The van der Waals surface area contributed by atoms with E-state index >= 15 is 0 Å². The van der Waals surface area contributed by atoms with Crippen LogP contribution in [0.1, 0.15) is 10.5 Å². The second-order valence-corrected chi connectivity index (χ2v) is 5.97. The molecule has 8 heteroatoms. The first-order valence-corrected chi connectivity index (χ1v) is 8.23. The molecule has 3 aromatic rings. The number of carbonyl (C=O) groups is 1. The maximum Gasteiger partial charge on any atom is 0.274 e. The first-order chi connectivity index (χ1) is 12.2. The first kappa shape index (κ1) is 15.4. The summed E-state index contributed by atoms with van der Waals surface area (Å²) in [7, 11) is 1.76. The molecule has 0 spiro atoms. The van der Waals surface area contributed by atoms with Crippen LogP contribution >= 0.6 is 0 Å². The summed E-state index contributed by atoms with van der Waals surface area (Å²) in [6.07, 6.45) is 3.54. The number of piperazine rings is 1. The lowest BCUT2D eigenvalue weighted by Crippen LogP contribution is -2.49. The number of H-pyrrole nitrogens is 1. The Morgan fingerprint density at radius 2 is 1.88 bits per heavy atom. The van der Waals surface area contributed by atoms with Crippen LogP contribution in [0.25, 0.3) is 11.3 Å². The molecule has 0 bridgehead atoms. The number of aromatic nitrogens is 5. The van der Waals surface area contributed by atoms with Gasteiger partial charge in [-0.25, -0.2) is 9.67 Å². The highest BCUT2D eigenvalue weighted by Gasteiger charge is 2.28. The van der Waals surface area contributed by atoms with E-state index in [1.54, 1.807) is 24.1 Å². The average molecular weight is 337 g/mol. The molecule has 1 aliphatic rings. The van der Waals surface area contributed by atoms with Crippen LogP contribution in [0.3, 0.4) is 0 Å². The topological polar surface area (TPSA) is 82.9 Å². The van der Waals surface area contributed by atoms with Crippen molar-refractivity contribution in [3.63, 3.8) is 0 Å². The van der Waals surface area contributed by atoms with Crippen LogP contribution in [0.5, 0.6) is 0 Å². The molecule has 2 aromatic heterocycles. The van der Waals surface area contributed by atoms with E-state index in [-0.39, 0.29) is 5.91 Å². The van der Waals surface area contributed by atoms with Crippen molar-refractivity contribution in [2.24, 2.45) is 7.05 Å². The van der Waals surface area contributed by atoms with Crippen LogP contribution in [-0.4, -0.2) is 61.9 Å². The maximum absolute atomic E-state index is 13.1. The minimum atomic E-state index is -0.0366. The monoisotopic (exact) mass is 337 g/mol. The third-order valence-electron chi connectivity index (χ3n) is 4.43. The highest BCUT2D eigenvalue weighted by molar-refractivity contribution is 5.98. The number of carbonyl (C=O) groups excluding carboxylic acids is 1. The summed E-state index contributed by atoms with van der Waals surface area (Å²) in [6, 6.07) is 9.68. The Morgan fingerprint density at radius 3 is 2.56 bits per heavy atom. The minimum Gasteiger partial charge on any atom is -0.339 e. The first-order valence-electron chi connectivity index (χ1n) is 8.23. The van der Waals surface area contributed by atoms with Gasteiger partial charge in [-0.2, -0.15) is 0 Å². The van der Waals surface area contributed by atoms with Gasteiger partial charge in [0.2, 0.25) is 5.95 Å². The molecule has 1 saturated heterocycles. The van der Waals surface area contributed by atoms with E-state index < -0.39 is 0 Å². The summed E-state index contributed by atoms with van der Waals surface area (Å²) < 4.78 is 1.56. The van der Waals surface area contributed by atoms with Crippen molar-refractivity contribution in [2.45, 2.75) is 0 Å². The van der Waals surface area contributed by atoms with Crippen LogP contribution in [0.4, 0.5) is 5.95 Å². The predicted molar refractivity (Wildman–Crippen MR) is 93.1 cm³/mol. The molecule has 3 heterocycles. The number of benzene rings is 1. The van der Waals surface area contributed by atoms with E-state index in [0.717, 1.165) is 24.6 Å². The SMILES string of the molecule is Cn1nnc(-c2ccccc2)c1C(=O)N1CCN(c2ncc[nH]2)CC1. The summed E-state index contributed by atoms with van der Waals surface area (Å²) in [4.78, 5) is 24.4. The molecule has 128 valence electrons. The number of amides is 1. The van der Waals surface area contributed by atoms with E-state index in [9.17, 15) is 4.79 Å². The van der Waals surface area contributed by atoms with Gasteiger partial charge in [0, 0.05) is 51.2 Å². The fourth-order valence-corrected chi connectivity index (χ4v) is 3.09. The quantitative estimate of drug-likeness (QED) is 0.776. The highest BCUT2D eigenvalue weighted by atomic mass is 16.2. The van der Waals surface area contributed by atoms with Gasteiger partial charge in [0.15, 0.2) is 5.69 Å². The maximum atomic E-state index is 13.1. The van der Waals surface area contributed by atoms with Crippen molar-refractivity contribution < 1.29 is 4.79 Å². The van der Waals surface area contributed by atoms with E-state index in [0.29, 0.717) is 24.5 Å². The van der Waals surface area contributed by atoms with Gasteiger partial charge in [-0.05, 0) is 0 Å². The number of hydrogen-bond acceptors (Lipinski definition) is 5. The minimum absolute atomic E-state index is 0.0366. The second-order valence-electron chi connectivity index (χ2n) is 5.97. The molecule has 25 heavy (non-hydrogen) atoms. The molecule has 0 saturated carbocycles. The van der Waals surface area contributed by atoms with Crippen molar-refractivity contribution >= 4 is 11.9 Å². The van der Waals surface area contributed by atoms with Crippen molar-refractivity contribution in [3.05, 3.63) is 48.4 Å². The molecule has 0 unspecified atom stereocenters. The average Bonchev–Trinajstić information content (AvgIpc) is 3.32. The fourth-order valence-electron chi connectivity index (χ4n) is 3.09. The Morgan fingerprint density at radius 1 is 1.12 bits per heavy atom. The number of nitrogens with one attached hydrogen (secondary N) is 1. The predicted octanol–water partition coefficient (Wildman–Crippen LogP) is 1.17. The molecular formula is C17H19N7O. The van der Waals surface area contributed by atoms with Crippen molar-refractivity contribution in [3.8, 4) is 11.3 Å². The van der Waals surface area contributed by atoms with Gasteiger partial charge in [-0.1, -0.05) is 35.5 Å². The summed E-state index contributed by atoms with van der Waals surface area (Å²) in [5.74, 6) is 0.810.